The van der Waals surface area contributed by atoms with Gasteiger partial charge in [0.15, 0.2) is 0 Å². The van der Waals surface area contributed by atoms with E-state index in [1.54, 1.807) is 24.3 Å². The Hall–Kier alpha value is -9.42. The highest BCUT2D eigenvalue weighted by atomic mass is 16.4. The largest absolute Gasteiger partial charge is 0.478 e. The molecule has 0 aliphatic carbocycles. The zero-order valence-electron chi connectivity index (χ0n) is 44.7. The van der Waals surface area contributed by atoms with Crippen LogP contribution in [0.2, 0.25) is 0 Å². The van der Waals surface area contributed by atoms with Gasteiger partial charge in [0.2, 0.25) is 0 Å². The van der Waals surface area contributed by atoms with E-state index >= 15 is 0 Å². The Kier molecular flexibility index (Phi) is 13.9. The lowest BCUT2D eigenvalue weighted by atomic mass is 9.98. The average Bonchev–Trinajstić information content (AvgIpc) is 4.32. The maximum atomic E-state index is 11.7. The summed E-state index contributed by atoms with van der Waals surface area (Å²) >= 11 is 0. The Bertz CT molecular complexity index is 3960. The molecule has 388 valence electrons. The summed E-state index contributed by atoms with van der Waals surface area (Å²) in [6, 6.07) is 55.8. The Labute approximate surface area is 452 Å². The minimum absolute atomic E-state index is 0.307. The normalized spacial score (nSPS) is 11.5. The third-order valence-corrected chi connectivity index (χ3v) is 14.8. The van der Waals surface area contributed by atoms with E-state index in [1.807, 2.05) is 84.9 Å². The van der Waals surface area contributed by atoms with Crippen LogP contribution in [-0.2, 0) is 40.0 Å². The molecule has 8 aromatic carbocycles. The quantitative estimate of drug-likeness (QED) is 0.109. The van der Waals surface area contributed by atoms with E-state index < -0.39 is 11.9 Å². The maximum Gasteiger partial charge on any atom is 0.336 e. The van der Waals surface area contributed by atoms with Gasteiger partial charge >= 0.3 is 11.9 Å². The van der Waals surface area contributed by atoms with E-state index in [2.05, 4.69) is 121 Å². The molecule has 78 heavy (non-hydrogen) atoms. The Balaban J connectivity index is 0.000000165. The van der Waals surface area contributed by atoms with Gasteiger partial charge in [-0.15, -0.1) is 0 Å². The van der Waals surface area contributed by atoms with Crippen molar-refractivity contribution in [3.05, 3.63) is 215 Å². The van der Waals surface area contributed by atoms with Crippen LogP contribution in [0.4, 0.5) is 0 Å². The molecule has 12 nitrogen and oxygen atoms in total. The first kappa shape index (κ1) is 50.7. The third-order valence-electron chi connectivity index (χ3n) is 14.8. The average molecular weight is 1030 g/mol. The van der Waals surface area contributed by atoms with Crippen LogP contribution < -0.4 is 0 Å². The van der Waals surface area contributed by atoms with Gasteiger partial charge in [-0.2, -0.15) is 0 Å². The first-order valence-electron chi connectivity index (χ1n) is 26.6. The van der Waals surface area contributed by atoms with Crippen molar-refractivity contribution in [3.63, 3.8) is 0 Å². The molecule has 0 unspecified atom stereocenters. The second-order valence-electron chi connectivity index (χ2n) is 20.1. The number of para-hydroxylation sites is 4. The van der Waals surface area contributed by atoms with E-state index in [0.29, 0.717) is 24.2 Å². The molecule has 4 aromatic heterocycles. The fraction of sp³-hybridized carbons (Fsp3) is 0.182. The second kappa shape index (κ2) is 21.3. The van der Waals surface area contributed by atoms with Gasteiger partial charge in [-0.3, -0.25) is 0 Å². The van der Waals surface area contributed by atoms with E-state index in [0.717, 1.165) is 149 Å². The number of carboxylic acid groups (broad SMARTS) is 2. The van der Waals surface area contributed by atoms with Crippen molar-refractivity contribution in [2.45, 2.75) is 66.5 Å². The van der Waals surface area contributed by atoms with Crippen LogP contribution in [0.15, 0.2) is 170 Å². The number of carboxylic acids is 2. The van der Waals surface area contributed by atoms with Crippen molar-refractivity contribution < 1.29 is 19.8 Å². The van der Waals surface area contributed by atoms with E-state index in [4.69, 9.17) is 19.9 Å². The van der Waals surface area contributed by atoms with Crippen molar-refractivity contribution >= 4 is 56.1 Å². The first-order valence-corrected chi connectivity index (χ1v) is 26.6. The summed E-state index contributed by atoms with van der Waals surface area (Å²) in [5, 5.41) is 19.2. The van der Waals surface area contributed by atoms with Crippen LogP contribution in [0.1, 0.15) is 81.3 Å². The molecule has 0 aliphatic rings. The zero-order chi connectivity index (χ0) is 54.2. The molecule has 0 bridgehead atoms. The summed E-state index contributed by atoms with van der Waals surface area (Å²) in [6.07, 6.45) is 3.79. The monoisotopic (exact) mass is 1030 g/mol. The summed E-state index contributed by atoms with van der Waals surface area (Å²) < 4.78 is 8.94. The number of hydrogen-bond donors (Lipinski definition) is 2. The maximum absolute atomic E-state index is 11.7. The summed E-state index contributed by atoms with van der Waals surface area (Å²) in [5.41, 5.74) is 18.9. The third kappa shape index (κ3) is 9.61. The van der Waals surface area contributed by atoms with Crippen LogP contribution in [0, 0.1) is 13.8 Å². The second-order valence-corrected chi connectivity index (χ2v) is 20.1. The number of benzene rings is 8. The highest BCUT2D eigenvalue weighted by molar-refractivity contribution is 5.97. The minimum atomic E-state index is -0.921. The molecule has 4 heterocycles. The van der Waals surface area contributed by atoms with Crippen molar-refractivity contribution in [2.75, 3.05) is 0 Å². The molecule has 0 amide bonds. The van der Waals surface area contributed by atoms with Crippen LogP contribution in [0.3, 0.4) is 0 Å². The number of imidazole rings is 4. The molecule has 0 saturated heterocycles. The number of aryl methyl sites for hydroxylation is 6. The zero-order valence-corrected chi connectivity index (χ0v) is 44.7. The van der Waals surface area contributed by atoms with Gasteiger partial charge < -0.3 is 28.5 Å². The lowest BCUT2D eigenvalue weighted by molar-refractivity contribution is 0.0687. The Morgan fingerprint density at radius 2 is 0.808 bits per heavy atom. The number of nitrogens with zero attached hydrogens (tertiary/aromatic N) is 8. The number of aromatic carboxylic acids is 2. The van der Waals surface area contributed by atoms with Gasteiger partial charge in [0, 0.05) is 51.2 Å². The summed E-state index contributed by atoms with van der Waals surface area (Å²) in [7, 11) is 4.13. The van der Waals surface area contributed by atoms with Crippen LogP contribution in [0.5, 0.6) is 0 Å². The number of fused-ring (bicyclic) bond motifs is 4. The molecule has 0 radical (unpaired) electrons. The van der Waals surface area contributed by atoms with Crippen molar-refractivity contribution in [2.24, 2.45) is 14.1 Å². The topological polar surface area (TPSA) is 146 Å². The molecule has 2 N–H and O–H groups in total. The van der Waals surface area contributed by atoms with Gasteiger partial charge in [0.05, 0.1) is 55.3 Å². The highest BCUT2D eigenvalue weighted by Crippen LogP contribution is 2.34. The molecule has 0 fully saturated rings. The molecule has 12 rings (SSSR count). The van der Waals surface area contributed by atoms with E-state index in [9.17, 15) is 19.8 Å². The van der Waals surface area contributed by atoms with Crippen LogP contribution >= 0.6 is 0 Å². The number of hydrogen-bond acceptors (Lipinski definition) is 6. The first-order chi connectivity index (χ1) is 37.9. The molecule has 0 aliphatic heterocycles. The summed E-state index contributed by atoms with van der Waals surface area (Å²) in [5.74, 6) is 2.17. The molecule has 12 heteroatoms. The predicted molar refractivity (Wildman–Crippen MR) is 312 cm³/mol. The Morgan fingerprint density at radius 1 is 0.436 bits per heavy atom. The highest BCUT2D eigenvalue weighted by Gasteiger charge is 2.20. The predicted octanol–water partition coefficient (Wildman–Crippen LogP) is 14.5. The van der Waals surface area contributed by atoms with E-state index in [-0.39, 0.29) is 0 Å². The minimum Gasteiger partial charge on any atom is -0.478 e. The fourth-order valence-corrected chi connectivity index (χ4v) is 10.9. The van der Waals surface area contributed by atoms with Crippen molar-refractivity contribution in [1.29, 1.82) is 0 Å². The van der Waals surface area contributed by atoms with Gasteiger partial charge in [0.1, 0.15) is 23.3 Å². The smallest absolute Gasteiger partial charge is 0.336 e. The van der Waals surface area contributed by atoms with Gasteiger partial charge in [0.25, 0.3) is 0 Å². The molecule has 0 spiro atoms. The van der Waals surface area contributed by atoms with Crippen molar-refractivity contribution in [3.8, 4) is 45.0 Å². The molecular formula is C66H60N8O4. The van der Waals surface area contributed by atoms with Gasteiger partial charge in [-0.25, -0.2) is 29.5 Å². The lowest BCUT2D eigenvalue weighted by Crippen LogP contribution is -2.05. The van der Waals surface area contributed by atoms with E-state index in [1.165, 1.54) is 0 Å². The molecule has 12 aromatic rings. The fourth-order valence-electron chi connectivity index (χ4n) is 10.9. The number of rotatable bonds is 14. The Morgan fingerprint density at radius 3 is 1.18 bits per heavy atom. The molecule has 0 atom stereocenters. The van der Waals surface area contributed by atoms with Gasteiger partial charge in [-0.05, 0) is 132 Å². The number of aromatic nitrogens is 8. The summed E-state index contributed by atoms with van der Waals surface area (Å²) in [6.45, 7) is 9.95. The molecule has 0 saturated carbocycles. The van der Waals surface area contributed by atoms with Crippen molar-refractivity contribution in [1.82, 2.24) is 38.2 Å². The lowest BCUT2D eigenvalue weighted by Gasteiger charge is -2.12. The van der Waals surface area contributed by atoms with Gasteiger partial charge in [-0.1, -0.05) is 123 Å². The summed E-state index contributed by atoms with van der Waals surface area (Å²) in [4.78, 5) is 43.4. The SMILES string of the molecule is CCCc1nc2c(C)cc(-c3nc4ccccc4n3C)cc2n1Cc1ccc(-c2ccccc2C(=O)O)cc1.CCCc1nc2c(C)cc(-c3nc4ccccc4n3C)cc2n1Cc1ccc(-c2ccccc2C(=O)O)cc1. The van der Waals surface area contributed by atoms with Crippen LogP contribution in [-0.4, -0.2) is 60.4 Å². The standard InChI is InChI=1S/2C33H30N4O2/c2*1-4-9-30-35-31-21(2)18-24(32-34-27-12-7-8-13-28(27)36(32)3)19-29(31)37(30)20-22-14-16-23(17-15-22)25-10-5-6-11-26(25)33(38)39/h2*5-8,10-19H,4,9,20H2,1-3H3,(H,38,39). The number of carbonyl (C=O) groups is 2. The van der Waals surface area contributed by atoms with Crippen LogP contribution in [0.25, 0.3) is 89.2 Å². The molecular weight excluding hydrogens is 969 g/mol.